The zero-order valence-electron chi connectivity index (χ0n) is 17.4. The molecule has 2 aliphatic rings. The molecule has 28 heavy (non-hydrogen) atoms. The Morgan fingerprint density at radius 3 is 2.46 bits per heavy atom. The molecule has 6 heteroatoms. The number of hydrogen-bond donors (Lipinski definition) is 0. The van der Waals surface area contributed by atoms with Gasteiger partial charge in [-0.05, 0) is 58.2 Å². The number of ether oxygens (including phenoxy) is 3. The van der Waals surface area contributed by atoms with Crippen LogP contribution in [-0.2, 0) is 14.2 Å². The number of carbonyl (C=O) groups excluding carboxylic acids is 1. The predicted molar refractivity (Wildman–Crippen MR) is 105 cm³/mol. The van der Waals surface area contributed by atoms with Crippen molar-refractivity contribution in [2.75, 3.05) is 19.7 Å². The van der Waals surface area contributed by atoms with Crippen molar-refractivity contribution >= 4 is 6.09 Å². The van der Waals surface area contributed by atoms with E-state index >= 15 is 0 Å². The molecule has 0 saturated carbocycles. The lowest BCUT2D eigenvalue weighted by atomic mass is 9.81. The molecule has 3 rings (SSSR count). The molecule has 0 aromatic heterocycles. The van der Waals surface area contributed by atoms with E-state index < -0.39 is 5.60 Å². The fourth-order valence-corrected chi connectivity index (χ4v) is 4.12. The molecule has 1 aromatic carbocycles. The zero-order valence-corrected chi connectivity index (χ0v) is 17.4. The first-order valence-corrected chi connectivity index (χ1v) is 10.2. The van der Waals surface area contributed by atoms with Crippen molar-refractivity contribution in [2.45, 2.75) is 76.8 Å². The number of carbonyl (C=O) groups is 1. The smallest absolute Gasteiger partial charge is 0.410 e. The van der Waals surface area contributed by atoms with Crippen LogP contribution in [0.15, 0.2) is 24.3 Å². The molecule has 156 valence electrons. The summed E-state index contributed by atoms with van der Waals surface area (Å²) in [6, 6.07) is 6.53. The van der Waals surface area contributed by atoms with E-state index in [1.807, 2.05) is 27.7 Å². The average Bonchev–Trinajstić information content (AvgIpc) is 2.61. The highest BCUT2D eigenvalue weighted by atomic mass is 19.1. The van der Waals surface area contributed by atoms with Gasteiger partial charge in [-0.1, -0.05) is 12.1 Å². The molecule has 0 unspecified atom stereocenters. The van der Waals surface area contributed by atoms with Gasteiger partial charge in [-0.3, -0.25) is 0 Å². The van der Waals surface area contributed by atoms with Crippen molar-refractivity contribution in [1.82, 2.24) is 4.90 Å². The van der Waals surface area contributed by atoms with E-state index in [2.05, 4.69) is 0 Å². The molecule has 2 atom stereocenters. The Balaban J connectivity index is 1.69. The largest absolute Gasteiger partial charge is 0.444 e. The Morgan fingerprint density at radius 1 is 1.25 bits per heavy atom. The van der Waals surface area contributed by atoms with E-state index in [1.165, 1.54) is 12.1 Å². The third kappa shape index (κ3) is 5.23. The Bertz CT molecular complexity index is 662. The molecular weight excluding hydrogens is 361 g/mol. The van der Waals surface area contributed by atoms with Crippen molar-refractivity contribution in [3.05, 3.63) is 35.6 Å². The maximum atomic E-state index is 13.3. The maximum Gasteiger partial charge on any atom is 0.410 e. The molecular formula is C22H32FNO4. The van der Waals surface area contributed by atoms with E-state index in [9.17, 15) is 9.18 Å². The van der Waals surface area contributed by atoms with Crippen LogP contribution in [-0.4, -0.2) is 48.0 Å². The fraction of sp³-hybridized carbons (Fsp3) is 0.682. The number of amides is 1. The highest BCUT2D eigenvalue weighted by Crippen LogP contribution is 2.44. The first-order valence-electron chi connectivity index (χ1n) is 10.2. The van der Waals surface area contributed by atoms with Crippen LogP contribution in [0.5, 0.6) is 0 Å². The van der Waals surface area contributed by atoms with E-state index in [0.29, 0.717) is 19.7 Å². The Kier molecular flexibility index (Phi) is 6.30. The third-order valence-corrected chi connectivity index (χ3v) is 5.44. The predicted octanol–water partition coefficient (Wildman–Crippen LogP) is 4.85. The van der Waals surface area contributed by atoms with Gasteiger partial charge in [0.05, 0.1) is 17.8 Å². The first kappa shape index (κ1) is 21.1. The molecule has 2 aliphatic heterocycles. The Labute approximate surface area is 167 Å². The number of rotatable bonds is 3. The van der Waals surface area contributed by atoms with Crippen LogP contribution in [0, 0.1) is 5.82 Å². The van der Waals surface area contributed by atoms with Crippen molar-refractivity contribution < 1.29 is 23.4 Å². The summed E-state index contributed by atoms with van der Waals surface area (Å²) < 4.78 is 31.4. The number of nitrogens with zero attached hydrogens (tertiary/aromatic N) is 1. The van der Waals surface area contributed by atoms with Gasteiger partial charge >= 0.3 is 6.09 Å². The third-order valence-electron chi connectivity index (χ3n) is 5.44. The van der Waals surface area contributed by atoms with E-state index in [4.69, 9.17) is 14.2 Å². The summed E-state index contributed by atoms with van der Waals surface area (Å²) in [7, 11) is 0. The lowest BCUT2D eigenvalue weighted by Crippen LogP contribution is -2.53. The number of benzene rings is 1. The molecule has 0 N–H and O–H groups in total. The second-order valence-electron chi connectivity index (χ2n) is 8.83. The fourth-order valence-electron chi connectivity index (χ4n) is 4.12. The van der Waals surface area contributed by atoms with Crippen LogP contribution < -0.4 is 0 Å². The summed E-state index contributed by atoms with van der Waals surface area (Å²) in [6.07, 6.45) is 2.77. The minimum absolute atomic E-state index is 0.0990. The van der Waals surface area contributed by atoms with Crippen molar-refractivity contribution in [3.8, 4) is 0 Å². The summed E-state index contributed by atoms with van der Waals surface area (Å²) in [5.74, 6) is -0.249. The normalized spacial score (nSPS) is 25.0. The van der Waals surface area contributed by atoms with E-state index in [0.717, 1.165) is 31.2 Å². The van der Waals surface area contributed by atoms with E-state index in [-0.39, 0.29) is 29.7 Å². The van der Waals surface area contributed by atoms with Gasteiger partial charge in [0, 0.05) is 32.5 Å². The molecule has 0 aliphatic carbocycles. The van der Waals surface area contributed by atoms with Gasteiger partial charge in [0.2, 0.25) is 0 Å². The average molecular weight is 393 g/mol. The lowest BCUT2D eigenvalue weighted by Gasteiger charge is -2.48. The van der Waals surface area contributed by atoms with Crippen molar-refractivity contribution in [3.63, 3.8) is 0 Å². The van der Waals surface area contributed by atoms with Crippen LogP contribution in [0.1, 0.15) is 65.0 Å². The molecule has 2 saturated heterocycles. The summed E-state index contributed by atoms with van der Waals surface area (Å²) >= 11 is 0. The molecule has 0 radical (unpaired) electrons. The molecule has 1 spiro atoms. The summed E-state index contributed by atoms with van der Waals surface area (Å²) in [5, 5.41) is 0. The molecule has 2 heterocycles. The van der Waals surface area contributed by atoms with Crippen LogP contribution in [0.3, 0.4) is 0 Å². The van der Waals surface area contributed by atoms with Gasteiger partial charge in [-0.15, -0.1) is 0 Å². The summed E-state index contributed by atoms with van der Waals surface area (Å²) in [6.45, 7) is 9.48. The summed E-state index contributed by atoms with van der Waals surface area (Å²) in [5.41, 5.74) is 0.150. The SMILES string of the molecule is CCO[C@@H]1C[C@H](c2ccc(F)cc2)OC2(CCN(C(=O)OC(C)(C)C)CC2)C1. The highest BCUT2D eigenvalue weighted by molar-refractivity contribution is 5.68. The molecule has 2 fully saturated rings. The van der Waals surface area contributed by atoms with Gasteiger partial charge in [-0.2, -0.15) is 0 Å². The van der Waals surface area contributed by atoms with Crippen LogP contribution in [0.2, 0.25) is 0 Å². The molecule has 5 nitrogen and oxygen atoms in total. The lowest BCUT2D eigenvalue weighted by molar-refractivity contribution is -0.191. The number of hydrogen-bond acceptors (Lipinski definition) is 4. The van der Waals surface area contributed by atoms with Gasteiger partial charge in [0.15, 0.2) is 0 Å². The van der Waals surface area contributed by atoms with Crippen LogP contribution in [0.4, 0.5) is 9.18 Å². The number of halogens is 1. The Morgan fingerprint density at radius 2 is 1.89 bits per heavy atom. The number of piperidine rings is 1. The quantitative estimate of drug-likeness (QED) is 0.736. The van der Waals surface area contributed by atoms with Gasteiger partial charge in [0.1, 0.15) is 11.4 Å². The second kappa shape index (κ2) is 8.37. The van der Waals surface area contributed by atoms with E-state index in [1.54, 1.807) is 17.0 Å². The van der Waals surface area contributed by atoms with Crippen molar-refractivity contribution in [1.29, 1.82) is 0 Å². The monoisotopic (exact) mass is 393 g/mol. The minimum Gasteiger partial charge on any atom is -0.444 e. The molecule has 1 amide bonds. The van der Waals surface area contributed by atoms with Crippen LogP contribution >= 0.6 is 0 Å². The van der Waals surface area contributed by atoms with Crippen LogP contribution in [0.25, 0.3) is 0 Å². The molecule has 0 bridgehead atoms. The molecule has 1 aromatic rings. The first-order chi connectivity index (χ1) is 13.2. The second-order valence-corrected chi connectivity index (χ2v) is 8.83. The van der Waals surface area contributed by atoms with Gasteiger partial charge in [-0.25, -0.2) is 9.18 Å². The highest BCUT2D eigenvalue weighted by Gasteiger charge is 2.45. The summed E-state index contributed by atoms with van der Waals surface area (Å²) in [4.78, 5) is 14.1. The van der Waals surface area contributed by atoms with Gasteiger partial charge < -0.3 is 19.1 Å². The van der Waals surface area contributed by atoms with Gasteiger partial charge in [0.25, 0.3) is 0 Å². The maximum absolute atomic E-state index is 13.3. The Hall–Kier alpha value is -1.66. The van der Waals surface area contributed by atoms with Crippen molar-refractivity contribution in [2.24, 2.45) is 0 Å². The zero-order chi connectivity index (χ0) is 20.4. The minimum atomic E-state index is -0.499. The number of likely N-dealkylation sites (tertiary alicyclic amines) is 1. The standard InChI is InChI=1S/C22H32FNO4/c1-5-26-18-14-19(16-6-8-17(23)9-7-16)27-22(15-18)10-12-24(13-11-22)20(25)28-21(2,3)4/h6-9,18-19H,5,10-15H2,1-4H3/t18-,19-/m1/s1. The topological polar surface area (TPSA) is 48.0 Å².